The van der Waals surface area contributed by atoms with Crippen LogP contribution in [0, 0.1) is 11.7 Å². The molecule has 11 heteroatoms. The van der Waals surface area contributed by atoms with Gasteiger partial charge in [-0.3, -0.25) is 9.69 Å². The van der Waals surface area contributed by atoms with Gasteiger partial charge in [-0.2, -0.15) is 26.3 Å². The number of likely N-dealkylation sites (tertiary alicyclic amines) is 2. The number of ether oxygens (including phenoxy) is 1. The molecule has 1 amide bonds. The van der Waals surface area contributed by atoms with Crippen LogP contribution >= 0.6 is 0 Å². The second-order valence-corrected chi connectivity index (χ2v) is 11.8. The molecule has 5 rings (SSSR count). The van der Waals surface area contributed by atoms with Gasteiger partial charge < -0.3 is 9.64 Å². The van der Waals surface area contributed by atoms with E-state index in [1.54, 1.807) is 12.1 Å². The Labute approximate surface area is 240 Å². The van der Waals surface area contributed by atoms with Gasteiger partial charge in [-0.1, -0.05) is 12.1 Å². The number of carbonyl (C=O) groups is 1. The largest absolute Gasteiger partial charge is 0.416 e. The maximum atomic E-state index is 13.8. The summed E-state index contributed by atoms with van der Waals surface area (Å²) in [6.07, 6.45) is -6.59. The minimum absolute atomic E-state index is 0.00637. The van der Waals surface area contributed by atoms with Gasteiger partial charge in [0.1, 0.15) is 5.82 Å². The first kappa shape index (κ1) is 30.8. The highest BCUT2D eigenvalue weighted by molar-refractivity contribution is 5.82. The van der Waals surface area contributed by atoms with Crippen LogP contribution in [-0.2, 0) is 21.9 Å². The number of halogens is 7. The molecule has 2 heterocycles. The van der Waals surface area contributed by atoms with E-state index in [0.29, 0.717) is 31.5 Å². The Bertz CT molecular complexity index is 1210. The van der Waals surface area contributed by atoms with E-state index < -0.39 is 41.5 Å². The maximum absolute atomic E-state index is 13.8. The Morgan fingerprint density at radius 3 is 2.10 bits per heavy atom. The second kappa shape index (κ2) is 12.1. The fourth-order valence-electron chi connectivity index (χ4n) is 6.90. The summed E-state index contributed by atoms with van der Waals surface area (Å²) in [5.74, 6) is -0.540. The standard InChI is InChI=1S/C31H35F7N2O2/c1-19(22-15-23(30(33,34)35)17-24(16-22)31(36,37)38)42-27-11-8-21(28(27)20-6-9-25(32)10-7-20)18-40-14-4-5-26(40)29(41)39-12-2-3-13-39/h6-7,9-10,15-17,19,21,26-28H,2-5,8,11-14,18H2,1H3/t19-,21?,26+,27?,28?/m1/s1. The van der Waals surface area contributed by atoms with E-state index in [2.05, 4.69) is 4.90 Å². The van der Waals surface area contributed by atoms with E-state index in [1.165, 1.54) is 19.1 Å². The zero-order valence-electron chi connectivity index (χ0n) is 23.4. The number of rotatable bonds is 7. The zero-order chi connectivity index (χ0) is 30.2. The van der Waals surface area contributed by atoms with Crippen LogP contribution in [0.4, 0.5) is 30.7 Å². The summed E-state index contributed by atoms with van der Waals surface area (Å²) in [6, 6.07) is 7.30. The molecule has 0 spiro atoms. The molecular weight excluding hydrogens is 565 g/mol. The van der Waals surface area contributed by atoms with Crippen LogP contribution in [0.3, 0.4) is 0 Å². The van der Waals surface area contributed by atoms with E-state index in [0.717, 1.165) is 50.9 Å². The van der Waals surface area contributed by atoms with Crippen molar-refractivity contribution in [1.82, 2.24) is 9.80 Å². The number of alkyl halides is 6. The Morgan fingerprint density at radius 1 is 0.881 bits per heavy atom. The quantitative estimate of drug-likeness (QED) is 0.307. The fraction of sp³-hybridized carbons (Fsp3) is 0.581. The van der Waals surface area contributed by atoms with Crippen LogP contribution in [0.25, 0.3) is 0 Å². The first-order chi connectivity index (χ1) is 19.8. The fourth-order valence-corrected chi connectivity index (χ4v) is 6.90. The first-order valence-electron chi connectivity index (χ1n) is 14.5. The Kier molecular flexibility index (Phi) is 8.90. The van der Waals surface area contributed by atoms with E-state index in [-0.39, 0.29) is 35.4 Å². The van der Waals surface area contributed by atoms with Crippen molar-refractivity contribution >= 4 is 5.91 Å². The van der Waals surface area contributed by atoms with Crippen molar-refractivity contribution in [1.29, 1.82) is 0 Å². The minimum Gasteiger partial charge on any atom is -0.370 e. The summed E-state index contributed by atoms with van der Waals surface area (Å²) < 4.78 is 101. The summed E-state index contributed by atoms with van der Waals surface area (Å²) in [7, 11) is 0. The molecule has 2 aliphatic heterocycles. The molecule has 3 aliphatic rings. The van der Waals surface area contributed by atoms with Gasteiger partial charge in [0.15, 0.2) is 0 Å². The molecule has 1 aliphatic carbocycles. The molecule has 4 nitrogen and oxygen atoms in total. The molecular formula is C31H35F7N2O2. The van der Waals surface area contributed by atoms with Crippen molar-refractivity contribution in [2.45, 2.75) is 82.0 Å². The molecule has 0 N–H and O–H groups in total. The molecule has 0 bridgehead atoms. The molecule has 0 aromatic heterocycles. The Hall–Kier alpha value is -2.66. The van der Waals surface area contributed by atoms with Crippen LogP contribution in [0.1, 0.15) is 79.7 Å². The van der Waals surface area contributed by atoms with Crippen molar-refractivity contribution < 1.29 is 40.3 Å². The van der Waals surface area contributed by atoms with E-state index in [4.69, 9.17) is 4.74 Å². The molecule has 2 aromatic rings. The van der Waals surface area contributed by atoms with E-state index in [1.807, 2.05) is 4.90 Å². The highest BCUT2D eigenvalue weighted by Crippen LogP contribution is 2.45. The third kappa shape index (κ3) is 6.77. The molecule has 3 fully saturated rings. The predicted molar refractivity (Wildman–Crippen MR) is 142 cm³/mol. The van der Waals surface area contributed by atoms with Gasteiger partial charge in [-0.25, -0.2) is 4.39 Å². The third-order valence-corrected chi connectivity index (χ3v) is 8.98. The Morgan fingerprint density at radius 2 is 1.50 bits per heavy atom. The molecule has 230 valence electrons. The van der Waals surface area contributed by atoms with Gasteiger partial charge in [-0.05, 0) is 99.4 Å². The van der Waals surface area contributed by atoms with Crippen LogP contribution in [0.15, 0.2) is 42.5 Å². The van der Waals surface area contributed by atoms with Crippen molar-refractivity contribution in [2.24, 2.45) is 5.92 Å². The van der Waals surface area contributed by atoms with Crippen molar-refractivity contribution in [3.63, 3.8) is 0 Å². The summed E-state index contributed by atoms with van der Waals surface area (Å²) in [5.41, 5.74) is -2.19. The number of hydrogen-bond acceptors (Lipinski definition) is 3. The lowest BCUT2D eigenvalue weighted by Gasteiger charge is -2.33. The average Bonchev–Trinajstić information content (AvgIpc) is 3.70. The first-order valence-corrected chi connectivity index (χ1v) is 14.5. The van der Waals surface area contributed by atoms with Gasteiger partial charge in [0.05, 0.1) is 29.4 Å². The summed E-state index contributed by atoms with van der Waals surface area (Å²) in [4.78, 5) is 17.4. The Balaban J connectivity index is 1.38. The summed E-state index contributed by atoms with van der Waals surface area (Å²) >= 11 is 0. The van der Waals surface area contributed by atoms with Crippen LogP contribution in [0.5, 0.6) is 0 Å². The topological polar surface area (TPSA) is 32.8 Å². The smallest absolute Gasteiger partial charge is 0.370 e. The van der Waals surface area contributed by atoms with E-state index in [9.17, 15) is 35.5 Å². The number of hydrogen-bond donors (Lipinski definition) is 0. The lowest BCUT2D eigenvalue weighted by molar-refractivity contribution is -0.143. The number of amides is 1. The summed E-state index contributed by atoms with van der Waals surface area (Å²) in [5, 5.41) is 0. The average molecular weight is 601 g/mol. The third-order valence-electron chi connectivity index (χ3n) is 8.98. The molecule has 1 saturated carbocycles. The highest BCUT2D eigenvalue weighted by atomic mass is 19.4. The molecule has 0 radical (unpaired) electrons. The summed E-state index contributed by atoms with van der Waals surface area (Å²) in [6.45, 7) is 4.36. The van der Waals surface area contributed by atoms with Crippen molar-refractivity contribution in [3.8, 4) is 0 Å². The second-order valence-electron chi connectivity index (χ2n) is 11.8. The lowest BCUT2D eigenvalue weighted by Crippen LogP contribution is -2.46. The van der Waals surface area contributed by atoms with Gasteiger partial charge in [0.2, 0.25) is 5.91 Å². The van der Waals surface area contributed by atoms with Crippen molar-refractivity contribution in [3.05, 3.63) is 70.5 Å². The lowest BCUT2D eigenvalue weighted by atomic mass is 9.86. The van der Waals surface area contributed by atoms with Crippen LogP contribution in [0.2, 0.25) is 0 Å². The molecule has 5 atom stereocenters. The van der Waals surface area contributed by atoms with Gasteiger partial charge in [0, 0.05) is 25.6 Å². The van der Waals surface area contributed by atoms with Crippen LogP contribution in [-0.4, -0.2) is 54.0 Å². The number of nitrogens with zero attached hydrogens (tertiary/aromatic N) is 2. The van der Waals surface area contributed by atoms with Gasteiger partial charge >= 0.3 is 12.4 Å². The molecule has 2 aromatic carbocycles. The monoisotopic (exact) mass is 600 g/mol. The maximum Gasteiger partial charge on any atom is 0.416 e. The van der Waals surface area contributed by atoms with Gasteiger partial charge in [-0.15, -0.1) is 0 Å². The highest BCUT2D eigenvalue weighted by Gasteiger charge is 2.43. The van der Waals surface area contributed by atoms with Crippen molar-refractivity contribution in [2.75, 3.05) is 26.2 Å². The predicted octanol–water partition coefficient (Wildman–Crippen LogP) is 7.59. The molecule has 3 unspecified atom stereocenters. The number of benzene rings is 2. The molecule has 2 saturated heterocycles. The SMILES string of the molecule is C[C@@H](OC1CCC(CN2CCC[C@H]2C(=O)N2CCCC2)C1c1ccc(F)cc1)c1cc(C(F)(F)F)cc(C(F)(F)F)c1. The normalized spacial score (nSPS) is 26.2. The number of carbonyl (C=O) groups excluding carboxylic acids is 1. The van der Waals surface area contributed by atoms with E-state index >= 15 is 0 Å². The zero-order valence-corrected chi connectivity index (χ0v) is 23.4. The van der Waals surface area contributed by atoms with Crippen LogP contribution < -0.4 is 0 Å². The molecule has 42 heavy (non-hydrogen) atoms. The minimum atomic E-state index is -4.95. The van der Waals surface area contributed by atoms with Gasteiger partial charge in [0.25, 0.3) is 0 Å².